The summed E-state index contributed by atoms with van der Waals surface area (Å²) in [6.07, 6.45) is 5.00. The van der Waals surface area contributed by atoms with Crippen LogP contribution in [0.15, 0.2) is 35.2 Å². The first-order valence-electron chi connectivity index (χ1n) is 15.4. The molecule has 1 aromatic carbocycles. The Balaban J connectivity index is 1.42. The third-order valence-corrected chi connectivity index (χ3v) is 9.10. The lowest BCUT2D eigenvalue weighted by molar-refractivity contribution is -0.230. The van der Waals surface area contributed by atoms with E-state index in [-0.39, 0.29) is 4.90 Å². The van der Waals surface area contributed by atoms with Crippen LogP contribution in [0.2, 0.25) is 0 Å². The topological polar surface area (TPSA) is 122 Å². The molecule has 3 aliphatic heterocycles. The van der Waals surface area contributed by atoms with E-state index in [9.17, 15) is 13.2 Å². The molecule has 5 atom stereocenters. The van der Waals surface area contributed by atoms with Crippen LogP contribution in [-0.2, 0) is 38.4 Å². The van der Waals surface area contributed by atoms with Crippen molar-refractivity contribution >= 4 is 16.1 Å². The van der Waals surface area contributed by atoms with Gasteiger partial charge in [0, 0.05) is 26.2 Å². The smallest absolute Gasteiger partial charge is 0.421 e. The van der Waals surface area contributed by atoms with Crippen LogP contribution < -0.4 is 4.72 Å². The van der Waals surface area contributed by atoms with Gasteiger partial charge in [0.2, 0.25) is 0 Å². The number of fused-ring (bicyclic) bond motifs is 1. The number of sulfonamides is 1. The molecule has 0 aromatic heterocycles. The molecule has 1 aromatic rings. The number of nitrogens with one attached hydrogen (secondary N) is 1. The van der Waals surface area contributed by atoms with Gasteiger partial charge in [-0.25, -0.2) is 17.9 Å². The first kappa shape index (κ1) is 33.1. The normalized spacial score (nSPS) is 26.5. The summed E-state index contributed by atoms with van der Waals surface area (Å²) < 4.78 is 63.8. The fourth-order valence-electron chi connectivity index (χ4n) is 5.62. The van der Waals surface area contributed by atoms with E-state index in [2.05, 4.69) is 11.8 Å². The number of unbranched alkanes of at least 4 members (excludes halogenated alkanes) is 7. The average Bonchev–Trinajstić information content (AvgIpc) is 3.44. The third kappa shape index (κ3) is 9.60. The predicted octanol–water partition coefficient (Wildman–Crippen LogP) is 4.20. The minimum absolute atomic E-state index is 0.0334. The van der Waals surface area contributed by atoms with E-state index in [1.54, 1.807) is 18.2 Å². The van der Waals surface area contributed by atoms with E-state index >= 15 is 0 Å². The average molecular weight is 613 g/mol. The summed E-state index contributed by atoms with van der Waals surface area (Å²) in [6, 6.07) is 7.69. The number of morpholine rings is 1. The minimum atomic E-state index is -4.12. The van der Waals surface area contributed by atoms with E-state index in [0.717, 1.165) is 19.3 Å². The molecule has 42 heavy (non-hydrogen) atoms. The molecule has 0 bridgehead atoms. The Morgan fingerprint density at radius 3 is 2.38 bits per heavy atom. The van der Waals surface area contributed by atoms with Crippen molar-refractivity contribution in [1.82, 2.24) is 9.62 Å². The van der Waals surface area contributed by atoms with Gasteiger partial charge in [-0.2, -0.15) is 0 Å². The van der Waals surface area contributed by atoms with Gasteiger partial charge in [0.15, 0.2) is 12.1 Å². The number of nitrogens with zero attached hydrogens (tertiary/aromatic N) is 1. The van der Waals surface area contributed by atoms with Crippen LogP contribution in [0.3, 0.4) is 0 Å². The third-order valence-electron chi connectivity index (χ3n) is 7.77. The van der Waals surface area contributed by atoms with Crippen LogP contribution >= 0.6 is 0 Å². The maximum absolute atomic E-state index is 13.0. The van der Waals surface area contributed by atoms with Crippen molar-refractivity contribution in [2.24, 2.45) is 0 Å². The molecule has 0 saturated carbocycles. The number of hydrogen-bond donors (Lipinski definition) is 1. The first-order valence-corrected chi connectivity index (χ1v) is 16.9. The summed E-state index contributed by atoms with van der Waals surface area (Å²) in [5.41, 5.74) is 0. The lowest BCUT2D eigenvalue weighted by Crippen LogP contribution is -2.52. The summed E-state index contributed by atoms with van der Waals surface area (Å²) in [4.78, 5) is 15.1. The molecule has 0 unspecified atom stereocenters. The molecule has 0 radical (unpaired) electrons. The summed E-state index contributed by atoms with van der Waals surface area (Å²) in [6.45, 7) is 9.08. The van der Waals surface area contributed by atoms with Crippen molar-refractivity contribution in [3.05, 3.63) is 30.3 Å². The molecule has 1 N–H and O–H groups in total. The zero-order valence-electron chi connectivity index (χ0n) is 25.2. The Morgan fingerprint density at radius 2 is 1.69 bits per heavy atom. The van der Waals surface area contributed by atoms with E-state index in [0.29, 0.717) is 39.5 Å². The van der Waals surface area contributed by atoms with Crippen LogP contribution in [0.25, 0.3) is 0 Å². The summed E-state index contributed by atoms with van der Waals surface area (Å²) >= 11 is 0. The fraction of sp³-hybridized carbons (Fsp3) is 0.767. The predicted molar refractivity (Wildman–Crippen MR) is 155 cm³/mol. The Bertz CT molecular complexity index is 1070. The number of carbonyl (C=O) groups excluding carboxylic acids is 1. The molecule has 4 rings (SSSR count). The highest BCUT2D eigenvalue weighted by atomic mass is 32.2. The molecular weight excluding hydrogens is 564 g/mol. The molecule has 3 heterocycles. The highest BCUT2D eigenvalue weighted by molar-refractivity contribution is 7.90. The van der Waals surface area contributed by atoms with Gasteiger partial charge in [0.25, 0.3) is 10.0 Å². The van der Waals surface area contributed by atoms with Crippen molar-refractivity contribution < 1.29 is 41.6 Å². The quantitative estimate of drug-likeness (QED) is 0.272. The number of hydrogen-bond acceptors (Lipinski definition) is 10. The van der Waals surface area contributed by atoms with Crippen LogP contribution in [-0.4, -0.2) is 95.4 Å². The Hall–Kier alpha value is -1.80. The molecule has 11 nitrogen and oxygen atoms in total. The number of amides is 1. The minimum Gasteiger partial charge on any atom is -0.441 e. The van der Waals surface area contributed by atoms with Gasteiger partial charge in [-0.3, -0.25) is 4.90 Å². The highest BCUT2D eigenvalue weighted by Crippen LogP contribution is 2.40. The van der Waals surface area contributed by atoms with Crippen molar-refractivity contribution in [1.29, 1.82) is 0 Å². The van der Waals surface area contributed by atoms with Crippen molar-refractivity contribution in [3.8, 4) is 0 Å². The number of rotatable bonds is 16. The van der Waals surface area contributed by atoms with Crippen LogP contribution in [0, 0.1) is 0 Å². The number of carbonyl (C=O) groups is 1. The summed E-state index contributed by atoms with van der Waals surface area (Å²) in [5.74, 6) is -0.845. The molecule has 3 fully saturated rings. The largest absolute Gasteiger partial charge is 0.441 e. The molecule has 0 spiro atoms. The van der Waals surface area contributed by atoms with E-state index in [4.69, 9.17) is 28.4 Å². The standard InChI is InChI=1S/C30H48N2O9S/c1-4-5-6-7-8-9-10-14-19-37-26-25(39-28-27(26)40-30(2,3)41-28)24(22-32-17-20-36-21-18-32)38-29(33)31-42(34,35)23-15-12-11-13-16-23/h11-13,15-16,24-28H,4-10,14,17-22H2,1-3H3,(H,31,33)/t24-,25-,26+,27-,28-/m1/s1. The maximum atomic E-state index is 13.0. The van der Waals surface area contributed by atoms with Crippen LogP contribution in [0.4, 0.5) is 4.79 Å². The van der Waals surface area contributed by atoms with Gasteiger partial charge >= 0.3 is 6.09 Å². The Labute approximate surface area is 250 Å². The zero-order chi connectivity index (χ0) is 30.0. The van der Waals surface area contributed by atoms with Gasteiger partial charge in [-0.15, -0.1) is 0 Å². The van der Waals surface area contributed by atoms with Gasteiger partial charge < -0.3 is 28.4 Å². The zero-order valence-corrected chi connectivity index (χ0v) is 26.0. The Kier molecular flexibility index (Phi) is 12.4. The van der Waals surface area contributed by atoms with E-state index in [1.807, 2.05) is 18.6 Å². The van der Waals surface area contributed by atoms with Crippen molar-refractivity contribution in [3.63, 3.8) is 0 Å². The molecule has 238 valence electrons. The number of benzene rings is 1. The fourth-order valence-corrected chi connectivity index (χ4v) is 6.53. The summed E-state index contributed by atoms with van der Waals surface area (Å²) in [7, 11) is -4.12. The Morgan fingerprint density at radius 1 is 1.02 bits per heavy atom. The van der Waals surface area contributed by atoms with Gasteiger partial charge in [0.05, 0.1) is 18.1 Å². The molecule has 0 aliphatic carbocycles. The van der Waals surface area contributed by atoms with Gasteiger partial charge in [-0.05, 0) is 32.4 Å². The SMILES string of the molecule is CCCCCCCCCCO[C@@H]1[C@H]2OC(C)(C)O[C@H]2O[C@@H]1[C@@H](CN1CCOCC1)OC(=O)NS(=O)(=O)c1ccccc1. The molecule has 3 aliphatic rings. The summed E-state index contributed by atoms with van der Waals surface area (Å²) in [5, 5.41) is 0. The monoisotopic (exact) mass is 612 g/mol. The molecule has 1 amide bonds. The number of ether oxygens (including phenoxy) is 6. The van der Waals surface area contributed by atoms with Gasteiger partial charge in [-0.1, -0.05) is 70.1 Å². The van der Waals surface area contributed by atoms with Crippen LogP contribution in [0.1, 0.15) is 72.1 Å². The highest BCUT2D eigenvalue weighted by Gasteiger charge is 2.58. The molecule has 12 heteroatoms. The second-order valence-corrected chi connectivity index (χ2v) is 13.3. The van der Waals surface area contributed by atoms with Gasteiger partial charge in [0.1, 0.15) is 24.4 Å². The van der Waals surface area contributed by atoms with Crippen molar-refractivity contribution in [2.75, 3.05) is 39.5 Å². The lowest BCUT2D eigenvalue weighted by Gasteiger charge is -2.35. The van der Waals surface area contributed by atoms with E-state index < -0.39 is 52.6 Å². The second kappa shape index (κ2) is 15.8. The second-order valence-electron chi connectivity index (χ2n) is 11.7. The van der Waals surface area contributed by atoms with Crippen LogP contribution in [0.5, 0.6) is 0 Å². The van der Waals surface area contributed by atoms with E-state index in [1.165, 1.54) is 44.2 Å². The molecule has 3 saturated heterocycles. The first-order chi connectivity index (χ1) is 20.2. The molecular formula is C30H48N2O9S. The maximum Gasteiger partial charge on any atom is 0.421 e. The van der Waals surface area contributed by atoms with Crippen molar-refractivity contribution in [2.45, 2.75) is 114 Å². The lowest BCUT2D eigenvalue weighted by atomic mass is 10.0.